The van der Waals surface area contributed by atoms with E-state index in [-0.39, 0.29) is 5.91 Å². The average molecular weight is 307 g/mol. The van der Waals surface area contributed by atoms with Crippen LogP contribution >= 0.6 is 11.6 Å². The van der Waals surface area contributed by atoms with Gasteiger partial charge in [0.2, 0.25) is 5.91 Å². The van der Waals surface area contributed by atoms with E-state index in [2.05, 4.69) is 6.07 Å². The number of nitrogens with zero attached hydrogens (tertiary/aromatic N) is 2. The normalized spacial score (nSPS) is 16.3. The highest BCUT2D eigenvalue weighted by Crippen LogP contribution is 2.39. The summed E-state index contributed by atoms with van der Waals surface area (Å²) in [6.45, 7) is 0.381. The van der Waals surface area contributed by atoms with Gasteiger partial charge in [-0.3, -0.25) is 4.79 Å². The van der Waals surface area contributed by atoms with Gasteiger partial charge in [0.05, 0.1) is 13.2 Å². The third-order valence-electron chi connectivity index (χ3n) is 4.08. The Hall–Kier alpha value is -1.73. The number of nitriles is 1. The monoisotopic (exact) mass is 306 g/mol. The Balaban J connectivity index is 2.18. The van der Waals surface area contributed by atoms with Gasteiger partial charge < -0.3 is 9.64 Å². The average Bonchev–Trinajstić information content (AvgIpc) is 2.96. The second-order valence-corrected chi connectivity index (χ2v) is 5.95. The molecule has 1 amide bonds. The quantitative estimate of drug-likeness (QED) is 0.856. The molecule has 5 heteroatoms. The van der Waals surface area contributed by atoms with Crippen molar-refractivity contribution >= 4 is 17.5 Å². The number of hydrogen-bond donors (Lipinski definition) is 0. The van der Waals surface area contributed by atoms with Gasteiger partial charge in [0, 0.05) is 24.2 Å². The zero-order chi connectivity index (χ0) is 15.5. The number of carbonyl (C=O) groups excluding carboxylic acids is 1. The third kappa shape index (κ3) is 3.14. The molecule has 0 unspecified atom stereocenters. The first-order valence-electron chi connectivity index (χ1n) is 7.01. The highest BCUT2D eigenvalue weighted by molar-refractivity contribution is 6.30. The van der Waals surface area contributed by atoms with E-state index in [0.717, 1.165) is 18.4 Å². The Labute approximate surface area is 130 Å². The minimum absolute atomic E-state index is 0.107. The highest BCUT2D eigenvalue weighted by atomic mass is 35.5. The van der Waals surface area contributed by atoms with E-state index >= 15 is 0 Å². The molecule has 21 heavy (non-hydrogen) atoms. The molecule has 0 aromatic heterocycles. The van der Waals surface area contributed by atoms with Gasteiger partial charge in [0.1, 0.15) is 11.2 Å². The van der Waals surface area contributed by atoms with Crippen molar-refractivity contribution in [3.8, 4) is 11.8 Å². The summed E-state index contributed by atoms with van der Waals surface area (Å²) in [6, 6.07) is 7.56. The fourth-order valence-electron chi connectivity index (χ4n) is 2.92. The molecule has 0 radical (unpaired) electrons. The number of methoxy groups -OCH3 is 1. The molecule has 1 aliphatic rings. The maximum Gasteiger partial charge on any atom is 0.243 e. The molecule has 2 rings (SSSR count). The van der Waals surface area contributed by atoms with Crippen LogP contribution in [0, 0.1) is 16.7 Å². The summed E-state index contributed by atoms with van der Waals surface area (Å²) in [6.07, 6.45) is 3.18. The molecule has 1 aromatic rings. The lowest BCUT2D eigenvalue weighted by molar-refractivity contribution is -0.138. The number of amides is 1. The van der Waals surface area contributed by atoms with Gasteiger partial charge in [-0.2, -0.15) is 5.26 Å². The first-order valence-corrected chi connectivity index (χ1v) is 7.39. The Kier molecular flexibility index (Phi) is 4.74. The van der Waals surface area contributed by atoms with Crippen LogP contribution in [-0.2, 0) is 11.3 Å². The SMILES string of the molecule is COc1ccc(Cl)cc1CN(C)C(=O)C1(C#N)CCCC1. The van der Waals surface area contributed by atoms with E-state index in [0.29, 0.717) is 30.2 Å². The molecule has 0 spiro atoms. The van der Waals surface area contributed by atoms with Gasteiger partial charge in [-0.25, -0.2) is 0 Å². The summed E-state index contributed by atoms with van der Waals surface area (Å²) in [4.78, 5) is 14.2. The Morgan fingerprint density at radius 2 is 2.14 bits per heavy atom. The fourth-order valence-corrected chi connectivity index (χ4v) is 3.11. The number of rotatable bonds is 4. The molecule has 0 saturated heterocycles. The standard InChI is InChI=1S/C16H19ClN2O2/c1-19(15(20)16(11-18)7-3-4-8-16)10-12-9-13(17)5-6-14(12)21-2/h5-6,9H,3-4,7-8,10H2,1-2H3. The lowest BCUT2D eigenvalue weighted by atomic mass is 9.86. The first-order chi connectivity index (χ1) is 10.0. The summed E-state index contributed by atoms with van der Waals surface area (Å²) in [7, 11) is 3.31. The van der Waals surface area contributed by atoms with Gasteiger partial charge in [-0.15, -0.1) is 0 Å². The summed E-state index contributed by atoms with van der Waals surface area (Å²) in [5.41, 5.74) is -0.00691. The summed E-state index contributed by atoms with van der Waals surface area (Å²) >= 11 is 6.01. The molecule has 0 aliphatic heterocycles. The molecule has 0 N–H and O–H groups in total. The zero-order valence-electron chi connectivity index (χ0n) is 12.4. The number of carbonyl (C=O) groups is 1. The minimum atomic E-state index is -0.847. The maximum absolute atomic E-state index is 12.6. The Bertz CT molecular complexity index is 574. The van der Waals surface area contributed by atoms with Crippen LogP contribution in [0.2, 0.25) is 5.02 Å². The number of halogens is 1. The molecule has 1 aliphatic carbocycles. The van der Waals surface area contributed by atoms with E-state index in [1.807, 2.05) is 0 Å². The van der Waals surface area contributed by atoms with Crippen molar-refractivity contribution in [3.05, 3.63) is 28.8 Å². The third-order valence-corrected chi connectivity index (χ3v) is 4.31. The number of ether oxygens (including phenoxy) is 1. The van der Waals surface area contributed by atoms with Crippen molar-refractivity contribution in [2.75, 3.05) is 14.2 Å². The molecule has 1 aromatic carbocycles. The largest absolute Gasteiger partial charge is 0.496 e. The summed E-state index contributed by atoms with van der Waals surface area (Å²) in [5.74, 6) is 0.584. The van der Waals surface area contributed by atoms with Gasteiger partial charge >= 0.3 is 0 Å². The van der Waals surface area contributed by atoms with Crippen molar-refractivity contribution in [1.82, 2.24) is 4.90 Å². The summed E-state index contributed by atoms with van der Waals surface area (Å²) < 4.78 is 5.30. The maximum atomic E-state index is 12.6. The molecular weight excluding hydrogens is 288 g/mol. The Morgan fingerprint density at radius 3 is 2.71 bits per heavy atom. The van der Waals surface area contributed by atoms with Crippen molar-refractivity contribution < 1.29 is 9.53 Å². The highest BCUT2D eigenvalue weighted by Gasteiger charge is 2.43. The van der Waals surface area contributed by atoms with Gasteiger partial charge in [0.25, 0.3) is 0 Å². The van der Waals surface area contributed by atoms with E-state index < -0.39 is 5.41 Å². The molecule has 112 valence electrons. The molecule has 4 nitrogen and oxygen atoms in total. The van der Waals surface area contributed by atoms with E-state index in [1.54, 1.807) is 37.3 Å². The molecule has 1 saturated carbocycles. The molecule has 0 bridgehead atoms. The lowest BCUT2D eigenvalue weighted by Gasteiger charge is -2.27. The van der Waals surface area contributed by atoms with Crippen molar-refractivity contribution in [1.29, 1.82) is 5.26 Å². The van der Waals surface area contributed by atoms with Crippen LogP contribution in [0.3, 0.4) is 0 Å². The Morgan fingerprint density at radius 1 is 1.48 bits per heavy atom. The van der Waals surface area contributed by atoms with Crippen LogP contribution in [0.1, 0.15) is 31.2 Å². The number of benzene rings is 1. The van der Waals surface area contributed by atoms with Crippen LogP contribution < -0.4 is 4.74 Å². The molecular formula is C16H19ClN2O2. The smallest absolute Gasteiger partial charge is 0.243 e. The molecule has 0 atom stereocenters. The van der Waals surface area contributed by atoms with Crippen LogP contribution in [0.15, 0.2) is 18.2 Å². The van der Waals surface area contributed by atoms with Gasteiger partial charge in [-0.1, -0.05) is 24.4 Å². The zero-order valence-corrected chi connectivity index (χ0v) is 13.1. The van der Waals surface area contributed by atoms with E-state index in [1.165, 1.54) is 0 Å². The van der Waals surface area contributed by atoms with Crippen molar-refractivity contribution in [3.63, 3.8) is 0 Å². The molecule has 1 fully saturated rings. The second-order valence-electron chi connectivity index (χ2n) is 5.52. The second kappa shape index (κ2) is 6.36. The predicted octanol–water partition coefficient (Wildman–Crippen LogP) is 3.39. The van der Waals surface area contributed by atoms with Crippen LogP contribution in [0.5, 0.6) is 5.75 Å². The lowest BCUT2D eigenvalue weighted by Crippen LogP contribution is -2.39. The topological polar surface area (TPSA) is 53.3 Å². The van der Waals surface area contributed by atoms with Crippen molar-refractivity contribution in [2.24, 2.45) is 5.41 Å². The van der Waals surface area contributed by atoms with Crippen molar-refractivity contribution in [2.45, 2.75) is 32.2 Å². The fraction of sp³-hybridized carbons (Fsp3) is 0.500. The minimum Gasteiger partial charge on any atom is -0.496 e. The van der Waals surface area contributed by atoms with E-state index in [9.17, 15) is 10.1 Å². The van der Waals surface area contributed by atoms with Crippen LogP contribution in [0.4, 0.5) is 0 Å². The van der Waals surface area contributed by atoms with Gasteiger partial charge in [0.15, 0.2) is 0 Å². The predicted molar refractivity (Wildman–Crippen MR) is 81.0 cm³/mol. The van der Waals surface area contributed by atoms with Crippen LogP contribution in [0.25, 0.3) is 0 Å². The number of hydrogen-bond acceptors (Lipinski definition) is 3. The van der Waals surface area contributed by atoms with E-state index in [4.69, 9.17) is 16.3 Å². The molecule has 0 heterocycles. The van der Waals surface area contributed by atoms with Crippen LogP contribution in [-0.4, -0.2) is 25.0 Å². The van der Waals surface area contributed by atoms with Gasteiger partial charge in [-0.05, 0) is 31.0 Å². The first kappa shape index (κ1) is 15.7. The summed E-state index contributed by atoms with van der Waals surface area (Å²) in [5, 5.41) is 10.0.